The van der Waals surface area contributed by atoms with E-state index >= 15 is 0 Å². The highest BCUT2D eigenvalue weighted by Gasteiger charge is 2.27. The maximum Gasteiger partial charge on any atom is 0.246 e. The molecule has 1 unspecified atom stereocenters. The number of nitrogens with one attached hydrogen (secondary N) is 2. The van der Waals surface area contributed by atoms with Gasteiger partial charge in [0.1, 0.15) is 11.9 Å². The predicted molar refractivity (Wildman–Crippen MR) is 146 cm³/mol. The molecule has 0 saturated carbocycles. The second-order valence-corrected chi connectivity index (χ2v) is 9.78. The van der Waals surface area contributed by atoms with Crippen molar-refractivity contribution in [1.82, 2.24) is 25.2 Å². The fourth-order valence-corrected chi connectivity index (χ4v) is 5.00. The van der Waals surface area contributed by atoms with Crippen molar-refractivity contribution in [1.29, 1.82) is 0 Å². The lowest BCUT2D eigenvalue weighted by Crippen LogP contribution is -2.46. The molecule has 4 aromatic rings. The minimum absolute atomic E-state index is 0.0776. The van der Waals surface area contributed by atoms with Crippen molar-refractivity contribution in [3.8, 4) is 11.1 Å². The van der Waals surface area contributed by atoms with Gasteiger partial charge in [-0.2, -0.15) is 0 Å². The lowest BCUT2D eigenvalue weighted by molar-refractivity contribution is -0.122. The summed E-state index contributed by atoms with van der Waals surface area (Å²) in [6.07, 6.45) is 6.53. The van der Waals surface area contributed by atoms with E-state index in [1.54, 1.807) is 6.20 Å². The van der Waals surface area contributed by atoms with Gasteiger partial charge in [-0.1, -0.05) is 24.3 Å². The van der Waals surface area contributed by atoms with E-state index in [-0.39, 0.29) is 11.8 Å². The summed E-state index contributed by atoms with van der Waals surface area (Å²) in [4.78, 5) is 42.3. The number of nitrogens with zero attached hydrogens (tertiary/aromatic N) is 5. The average Bonchev–Trinajstić information content (AvgIpc) is 3.40. The molecule has 2 aromatic heterocycles. The van der Waals surface area contributed by atoms with Crippen molar-refractivity contribution in [2.45, 2.75) is 25.4 Å². The Labute approximate surface area is 220 Å². The van der Waals surface area contributed by atoms with Gasteiger partial charge in [0, 0.05) is 57.2 Å². The Bertz CT molecular complexity index is 1450. The Morgan fingerprint density at radius 3 is 2.53 bits per heavy atom. The summed E-state index contributed by atoms with van der Waals surface area (Å²) in [5.74, 6) is 0.633. The lowest BCUT2D eigenvalue weighted by Gasteiger charge is -2.35. The third-order valence-electron chi connectivity index (χ3n) is 7.15. The van der Waals surface area contributed by atoms with Gasteiger partial charge in [0.25, 0.3) is 0 Å². The van der Waals surface area contributed by atoms with Gasteiger partial charge in [0.2, 0.25) is 11.8 Å². The number of aromatic nitrogens is 3. The van der Waals surface area contributed by atoms with Crippen LogP contribution in [0.1, 0.15) is 18.4 Å². The highest BCUT2D eigenvalue weighted by atomic mass is 16.2. The zero-order valence-corrected chi connectivity index (χ0v) is 21.0. The third-order valence-corrected chi connectivity index (χ3v) is 7.15. The van der Waals surface area contributed by atoms with Gasteiger partial charge in [-0.3, -0.25) is 24.5 Å². The smallest absolute Gasteiger partial charge is 0.246 e. The number of hydrogen-bond donors (Lipinski definition) is 2. The van der Waals surface area contributed by atoms with Crippen molar-refractivity contribution in [3.05, 3.63) is 78.8 Å². The molecule has 2 N–H and O–H groups in total. The van der Waals surface area contributed by atoms with E-state index in [2.05, 4.69) is 42.5 Å². The summed E-state index contributed by atoms with van der Waals surface area (Å²) in [5.41, 5.74) is 5.70. The fourth-order valence-electron chi connectivity index (χ4n) is 5.00. The highest BCUT2D eigenvalue weighted by Crippen LogP contribution is 2.26. The van der Waals surface area contributed by atoms with Gasteiger partial charge in [0.05, 0.1) is 17.2 Å². The number of hydrogen-bond acceptors (Lipinski definition) is 7. The van der Waals surface area contributed by atoms with Gasteiger partial charge in [-0.25, -0.2) is 4.98 Å². The summed E-state index contributed by atoms with van der Waals surface area (Å²) in [6, 6.07) is 17.4. The van der Waals surface area contributed by atoms with Crippen LogP contribution in [-0.2, 0) is 16.1 Å². The number of rotatable bonds is 6. The van der Waals surface area contributed by atoms with Crippen molar-refractivity contribution in [2.75, 3.05) is 36.4 Å². The first kappa shape index (κ1) is 24.0. The second kappa shape index (κ2) is 10.5. The van der Waals surface area contributed by atoms with Crippen LogP contribution in [-0.4, -0.2) is 63.9 Å². The minimum atomic E-state index is -0.459. The first-order chi connectivity index (χ1) is 18.6. The molecule has 2 aliphatic rings. The van der Waals surface area contributed by atoms with Gasteiger partial charge in [-0.05, 0) is 53.4 Å². The standard InChI is InChI=1S/C29H29N7O2/c37-28-10-9-25(34-28)29(38)32-23-6-3-21(4-7-23)22-5-8-24-26(16-22)33-27(18-31-24)36-14-12-35(13-15-36)19-20-2-1-11-30-17-20/h1-8,11,16-18,25H,9-10,12-15,19H2,(H,32,38)(H,34,37). The highest BCUT2D eigenvalue weighted by molar-refractivity contribution is 5.99. The Hall–Kier alpha value is -4.37. The normalized spacial score (nSPS) is 17.9. The molecule has 9 nitrogen and oxygen atoms in total. The van der Waals surface area contributed by atoms with Crippen molar-refractivity contribution < 1.29 is 9.59 Å². The van der Waals surface area contributed by atoms with Crippen molar-refractivity contribution in [2.24, 2.45) is 0 Å². The summed E-state index contributed by atoms with van der Waals surface area (Å²) in [6.45, 7) is 4.64. The predicted octanol–water partition coefficient (Wildman–Crippen LogP) is 3.23. The number of carbonyl (C=O) groups is 2. The quantitative estimate of drug-likeness (QED) is 0.413. The Kier molecular flexibility index (Phi) is 6.66. The van der Waals surface area contributed by atoms with E-state index in [1.165, 1.54) is 5.56 Å². The zero-order valence-electron chi connectivity index (χ0n) is 21.0. The van der Waals surface area contributed by atoms with Crippen molar-refractivity contribution >= 4 is 34.4 Å². The monoisotopic (exact) mass is 507 g/mol. The average molecular weight is 508 g/mol. The second-order valence-electron chi connectivity index (χ2n) is 9.78. The first-order valence-electron chi connectivity index (χ1n) is 12.9. The summed E-state index contributed by atoms with van der Waals surface area (Å²) >= 11 is 0. The number of amides is 2. The van der Waals surface area contributed by atoms with Gasteiger partial charge >= 0.3 is 0 Å². The van der Waals surface area contributed by atoms with E-state index in [0.29, 0.717) is 18.5 Å². The van der Waals surface area contributed by atoms with E-state index in [0.717, 1.165) is 60.7 Å². The van der Waals surface area contributed by atoms with Crippen LogP contribution in [0.25, 0.3) is 22.2 Å². The van der Waals surface area contributed by atoms with E-state index in [4.69, 9.17) is 4.98 Å². The van der Waals surface area contributed by atoms with Crippen LogP contribution in [0, 0.1) is 0 Å². The van der Waals surface area contributed by atoms with E-state index in [9.17, 15) is 9.59 Å². The van der Waals surface area contributed by atoms with Crippen LogP contribution < -0.4 is 15.5 Å². The van der Waals surface area contributed by atoms with Crippen LogP contribution in [0.2, 0.25) is 0 Å². The number of pyridine rings is 1. The zero-order chi connectivity index (χ0) is 25.9. The summed E-state index contributed by atoms with van der Waals surface area (Å²) < 4.78 is 0. The fraction of sp³-hybridized carbons (Fsp3) is 0.276. The molecule has 38 heavy (non-hydrogen) atoms. The maximum atomic E-state index is 12.4. The van der Waals surface area contributed by atoms with Crippen LogP contribution in [0.15, 0.2) is 73.2 Å². The number of anilines is 2. The minimum Gasteiger partial charge on any atom is -0.353 e. The Morgan fingerprint density at radius 2 is 1.79 bits per heavy atom. The van der Waals surface area contributed by atoms with Crippen LogP contribution >= 0.6 is 0 Å². The molecule has 2 amide bonds. The van der Waals surface area contributed by atoms with Crippen molar-refractivity contribution in [3.63, 3.8) is 0 Å². The molecule has 9 heteroatoms. The third kappa shape index (κ3) is 5.33. The largest absolute Gasteiger partial charge is 0.353 e. The molecule has 192 valence electrons. The Morgan fingerprint density at radius 1 is 0.974 bits per heavy atom. The number of fused-ring (bicyclic) bond motifs is 1. The molecule has 0 aliphatic carbocycles. The molecular formula is C29H29N7O2. The molecule has 0 radical (unpaired) electrons. The molecule has 2 saturated heterocycles. The van der Waals surface area contributed by atoms with Crippen LogP contribution in [0.5, 0.6) is 0 Å². The van der Waals surface area contributed by atoms with E-state index in [1.807, 2.05) is 54.9 Å². The first-order valence-corrected chi connectivity index (χ1v) is 12.9. The molecule has 4 heterocycles. The van der Waals surface area contributed by atoms with Gasteiger partial charge < -0.3 is 15.5 Å². The topological polar surface area (TPSA) is 103 Å². The number of piperazine rings is 1. The van der Waals surface area contributed by atoms with Crippen LogP contribution in [0.3, 0.4) is 0 Å². The number of carbonyl (C=O) groups excluding carboxylic acids is 2. The lowest BCUT2D eigenvalue weighted by atomic mass is 10.0. The summed E-state index contributed by atoms with van der Waals surface area (Å²) in [5, 5.41) is 5.58. The number of benzene rings is 2. The SMILES string of the molecule is O=C1CCC(C(=O)Nc2ccc(-c3ccc4ncc(N5CCN(Cc6cccnc6)CC5)nc4c3)cc2)N1. The molecule has 6 rings (SSSR count). The molecule has 2 fully saturated rings. The maximum absolute atomic E-state index is 12.4. The van der Waals surface area contributed by atoms with Gasteiger partial charge in [-0.15, -0.1) is 0 Å². The molecular weight excluding hydrogens is 478 g/mol. The Balaban J connectivity index is 1.12. The van der Waals surface area contributed by atoms with E-state index < -0.39 is 6.04 Å². The summed E-state index contributed by atoms with van der Waals surface area (Å²) in [7, 11) is 0. The molecule has 2 aliphatic heterocycles. The molecule has 0 bridgehead atoms. The van der Waals surface area contributed by atoms with Crippen LogP contribution in [0.4, 0.5) is 11.5 Å². The molecule has 1 atom stereocenters. The molecule has 0 spiro atoms. The molecule has 2 aromatic carbocycles. The van der Waals surface area contributed by atoms with Gasteiger partial charge in [0.15, 0.2) is 0 Å².